The lowest BCUT2D eigenvalue weighted by Gasteiger charge is -2.16. The van der Waals surface area contributed by atoms with Crippen molar-refractivity contribution in [1.82, 2.24) is 4.90 Å². The third-order valence-corrected chi connectivity index (χ3v) is 2.24. The van der Waals surface area contributed by atoms with Gasteiger partial charge in [-0.1, -0.05) is 26.0 Å². The Kier molecular flexibility index (Phi) is 8.31. The summed E-state index contributed by atoms with van der Waals surface area (Å²) < 4.78 is 5.43. The fourth-order valence-electron chi connectivity index (χ4n) is 1.06. The Labute approximate surface area is 99.5 Å². The highest BCUT2D eigenvalue weighted by Gasteiger charge is 1.98. The summed E-state index contributed by atoms with van der Waals surface area (Å²) in [6.45, 7) is 13.7. The first-order chi connectivity index (χ1) is 7.61. The molecule has 0 aromatic heterocycles. The van der Waals surface area contributed by atoms with Crippen molar-refractivity contribution < 1.29 is 4.74 Å². The van der Waals surface area contributed by atoms with Crippen LogP contribution < -0.4 is 0 Å². The molecule has 16 heavy (non-hydrogen) atoms. The summed E-state index contributed by atoms with van der Waals surface area (Å²) in [5, 5.41) is 0. The van der Waals surface area contributed by atoms with Gasteiger partial charge in [0.2, 0.25) is 0 Å². The van der Waals surface area contributed by atoms with Crippen molar-refractivity contribution in [2.75, 3.05) is 26.7 Å². The molecule has 0 heterocycles. The van der Waals surface area contributed by atoms with E-state index < -0.39 is 0 Å². The van der Waals surface area contributed by atoms with E-state index >= 15 is 0 Å². The highest BCUT2D eigenvalue weighted by Crippen LogP contribution is 1.99. The van der Waals surface area contributed by atoms with E-state index in [0.29, 0.717) is 6.54 Å². The topological polar surface area (TPSA) is 24.8 Å². The maximum atomic E-state index is 5.43. The molecule has 92 valence electrons. The second-order valence-corrected chi connectivity index (χ2v) is 3.77. The van der Waals surface area contributed by atoms with E-state index in [0.717, 1.165) is 37.6 Å². The number of hydrogen-bond donors (Lipinski definition) is 0. The fourth-order valence-corrected chi connectivity index (χ4v) is 1.06. The SMILES string of the molecule is C=CCN(C)/C(C)=N\CC(=C)OCCCC. The summed E-state index contributed by atoms with van der Waals surface area (Å²) in [6, 6.07) is 0. The second kappa shape index (κ2) is 9.01. The first kappa shape index (κ1) is 14.8. The lowest BCUT2D eigenvalue weighted by Crippen LogP contribution is -2.24. The Bertz CT molecular complexity index is 246. The van der Waals surface area contributed by atoms with Crippen LogP contribution in [0, 0.1) is 0 Å². The van der Waals surface area contributed by atoms with Gasteiger partial charge in [0.25, 0.3) is 0 Å². The molecular weight excluding hydrogens is 200 g/mol. The van der Waals surface area contributed by atoms with Gasteiger partial charge in [-0.25, -0.2) is 0 Å². The molecule has 0 amide bonds. The van der Waals surface area contributed by atoms with Crippen LogP contribution in [0.15, 0.2) is 30.0 Å². The Morgan fingerprint density at radius 2 is 2.19 bits per heavy atom. The van der Waals surface area contributed by atoms with E-state index in [4.69, 9.17) is 4.74 Å². The quantitative estimate of drug-likeness (QED) is 0.208. The third-order valence-electron chi connectivity index (χ3n) is 2.24. The average molecular weight is 224 g/mol. The van der Waals surface area contributed by atoms with E-state index in [-0.39, 0.29) is 0 Å². The molecule has 0 radical (unpaired) electrons. The predicted octanol–water partition coefficient (Wildman–Crippen LogP) is 2.85. The fraction of sp³-hybridized carbons (Fsp3) is 0.615. The number of aliphatic imine (C=N–C) groups is 1. The molecule has 0 aromatic rings. The highest BCUT2D eigenvalue weighted by molar-refractivity contribution is 5.79. The number of likely N-dealkylation sites (N-methyl/N-ethyl adjacent to an activating group) is 1. The molecule has 0 aliphatic heterocycles. The van der Waals surface area contributed by atoms with Crippen LogP contribution in [0.4, 0.5) is 0 Å². The van der Waals surface area contributed by atoms with Crippen LogP contribution in [0.1, 0.15) is 26.7 Å². The molecule has 0 aromatic carbocycles. The maximum Gasteiger partial charge on any atom is 0.110 e. The molecule has 0 aliphatic carbocycles. The van der Waals surface area contributed by atoms with Crippen molar-refractivity contribution in [3.63, 3.8) is 0 Å². The van der Waals surface area contributed by atoms with Crippen molar-refractivity contribution in [1.29, 1.82) is 0 Å². The van der Waals surface area contributed by atoms with Crippen molar-refractivity contribution >= 4 is 5.84 Å². The van der Waals surface area contributed by atoms with Crippen LogP contribution in [0.2, 0.25) is 0 Å². The minimum absolute atomic E-state index is 0.539. The summed E-state index contributed by atoms with van der Waals surface area (Å²) >= 11 is 0. The summed E-state index contributed by atoms with van der Waals surface area (Å²) in [4.78, 5) is 6.43. The largest absolute Gasteiger partial charge is 0.497 e. The number of ether oxygens (including phenoxy) is 1. The van der Waals surface area contributed by atoms with Crippen LogP contribution in [-0.4, -0.2) is 37.5 Å². The molecule has 3 heteroatoms. The zero-order chi connectivity index (χ0) is 12.4. The summed E-state index contributed by atoms with van der Waals surface area (Å²) in [6.07, 6.45) is 4.06. The Hall–Kier alpha value is -1.25. The molecule has 0 saturated carbocycles. The van der Waals surface area contributed by atoms with Crippen LogP contribution >= 0.6 is 0 Å². The maximum absolute atomic E-state index is 5.43. The second-order valence-electron chi connectivity index (χ2n) is 3.77. The van der Waals surface area contributed by atoms with Crippen LogP contribution in [0.3, 0.4) is 0 Å². The van der Waals surface area contributed by atoms with Crippen LogP contribution in [0.5, 0.6) is 0 Å². The van der Waals surface area contributed by atoms with Gasteiger partial charge < -0.3 is 9.64 Å². The molecule has 3 nitrogen and oxygen atoms in total. The molecule has 0 rings (SSSR count). The van der Waals surface area contributed by atoms with Crippen LogP contribution in [-0.2, 0) is 4.74 Å². The van der Waals surface area contributed by atoms with E-state index in [1.807, 2.05) is 24.9 Å². The molecule has 0 saturated heterocycles. The first-order valence-electron chi connectivity index (χ1n) is 5.75. The third kappa shape index (κ3) is 7.10. The molecule has 0 atom stereocenters. The van der Waals surface area contributed by atoms with Crippen LogP contribution in [0.25, 0.3) is 0 Å². The zero-order valence-electron chi connectivity index (χ0n) is 10.8. The molecule has 0 bridgehead atoms. The van der Waals surface area contributed by atoms with E-state index in [1.165, 1.54) is 0 Å². The minimum atomic E-state index is 0.539. The summed E-state index contributed by atoms with van der Waals surface area (Å²) in [7, 11) is 1.99. The number of hydrogen-bond acceptors (Lipinski definition) is 2. The average Bonchev–Trinajstić information content (AvgIpc) is 2.26. The van der Waals surface area contributed by atoms with Gasteiger partial charge in [0, 0.05) is 13.6 Å². The normalized spacial score (nSPS) is 11.1. The van der Waals surface area contributed by atoms with Crippen molar-refractivity contribution in [3.8, 4) is 0 Å². The summed E-state index contributed by atoms with van der Waals surface area (Å²) in [5.74, 6) is 1.71. The van der Waals surface area contributed by atoms with Gasteiger partial charge in [-0.05, 0) is 13.3 Å². The first-order valence-corrected chi connectivity index (χ1v) is 5.75. The van der Waals surface area contributed by atoms with Gasteiger partial charge in [0.05, 0.1) is 19.0 Å². The molecular formula is C13H24N2O. The number of unbranched alkanes of at least 4 members (excludes halogenated alkanes) is 1. The molecule has 0 fully saturated rings. The van der Waals surface area contributed by atoms with Gasteiger partial charge in [0.1, 0.15) is 5.76 Å². The summed E-state index contributed by atoms with van der Waals surface area (Å²) in [5.41, 5.74) is 0. The standard InChI is InChI=1S/C13H24N2O/c1-6-8-10-16-12(3)11-14-13(4)15(5)9-7-2/h7H,2-3,6,8-11H2,1,4-5H3/b14-13-. The molecule has 0 N–H and O–H groups in total. The van der Waals surface area contributed by atoms with Crippen molar-refractivity contribution in [2.24, 2.45) is 4.99 Å². The predicted molar refractivity (Wildman–Crippen MR) is 70.8 cm³/mol. The van der Waals surface area contributed by atoms with Crippen molar-refractivity contribution in [2.45, 2.75) is 26.7 Å². The number of amidine groups is 1. The zero-order valence-corrected chi connectivity index (χ0v) is 10.8. The van der Waals surface area contributed by atoms with Gasteiger partial charge in [-0.3, -0.25) is 4.99 Å². The lowest BCUT2D eigenvalue weighted by molar-refractivity contribution is 0.206. The van der Waals surface area contributed by atoms with Gasteiger partial charge in [-0.2, -0.15) is 0 Å². The monoisotopic (exact) mass is 224 g/mol. The van der Waals surface area contributed by atoms with Gasteiger partial charge in [-0.15, -0.1) is 6.58 Å². The molecule has 0 unspecified atom stereocenters. The minimum Gasteiger partial charge on any atom is -0.497 e. The molecule has 0 spiro atoms. The van der Waals surface area contributed by atoms with E-state index in [2.05, 4.69) is 25.1 Å². The van der Waals surface area contributed by atoms with Gasteiger partial charge >= 0.3 is 0 Å². The number of rotatable bonds is 8. The van der Waals surface area contributed by atoms with E-state index in [1.54, 1.807) is 0 Å². The highest BCUT2D eigenvalue weighted by atomic mass is 16.5. The Morgan fingerprint density at radius 3 is 2.75 bits per heavy atom. The van der Waals surface area contributed by atoms with E-state index in [9.17, 15) is 0 Å². The van der Waals surface area contributed by atoms with Gasteiger partial charge in [0.15, 0.2) is 0 Å². The lowest BCUT2D eigenvalue weighted by atomic mass is 10.4. The Morgan fingerprint density at radius 1 is 1.50 bits per heavy atom. The number of nitrogens with zero attached hydrogens (tertiary/aromatic N) is 2. The molecule has 0 aliphatic rings. The Balaban J connectivity index is 3.86. The van der Waals surface area contributed by atoms with Crippen molar-refractivity contribution in [3.05, 3.63) is 25.0 Å². The smallest absolute Gasteiger partial charge is 0.110 e.